The van der Waals surface area contributed by atoms with Crippen LogP contribution in [-0.2, 0) is 9.59 Å². The summed E-state index contributed by atoms with van der Waals surface area (Å²) < 4.78 is 5.42. The number of hydrogen-bond acceptors (Lipinski definition) is 4. The van der Waals surface area contributed by atoms with Crippen LogP contribution in [0.2, 0.25) is 0 Å². The first kappa shape index (κ1) is 20.7. The third-order valence-electron chi connectivity index (χ3n) is 4.32. The molecule has 0 fully saturated rings. The highest BCUT2D eigenvalue weighted by molar-refractivity contribution is 5.97. The summed E-state index contributed by atoms with van der Waals surface area (Å²) in [4.78, 5) is 25.8. The monoisotopic (exact) mass is 389 g/mol. The second-order valence-corrected chi connectivity index (χ2v) is 6.23. The Labute approximate surface area is 165 Å². The number of rotatable bonds is 7. The molecule has 1 atom stereocenters. The third-order valence-corrected chi connectivity index (χ3v) is 4.32. The smallest absolute Gasteiger partial charge is 0.265 e. The average Bonchev–Trinajstić information content (AvgIpc) is 2.67. The molecule has 1 aliphatic rings. The van der Waals surface area contributed by atoms with Crippen molar-refractivity contribution in [3.05, 3.63) is 60.2 Å². The maximum atomic E-state index is 12.1. The first-order chi connectivity index (χ1) is 12.6. The van der Waals surface area contributed by atoms with Crippen LogP contribution in [0.1, 0.15) is 24.4 Å². The number of para-hydroxylation sites is 2. The Bertz CT molecular complexity index is 770. The lowest BCUT2D eigenvalue weighted by Gasteiger charge is -2.29. The largest absolute Gasteiger partial charge is 0.482 e. The van der Waals surface area contributed by atoms with Gasteiger partial charge in [-0.2, -0.15) is 0 Å². The number of amides is 2. The first-order valence-electron chi connectivity index (χ1n) is 8.74. The van der Waals surface area contributed by atoms with Crippen molar-refractivity contribution in [2.45, 2.75) is 18.9 Å². The highest BCUT2D eigenvalue weighted by atomic mass is 35.5. The van der Waals surface area contributed by atoms with Crippen molar-refractivity contribution < 1.29 is 14.3 Å². The molecule has 1 aliphatic heterocycles. The zero-order chi connectivity index (χ0) is 18.4. The van der Waals surface area contributed by atoms with Crippen molar-refractivity contribution in [2.24, 2.45) is 5.73 Å². The molecule has 2 aromatic carbocycles. The van der Waals surface area contributed by atoms with Crippen LogP contribution in [0.3, 0.4) is 0 Å². The van der Waals surface area contributed by atoms with Gasteiger partial charge in [0.25, 0.3) is 5.91 Å². The normalized spacial score (nSPS) is 13.8. The number of fused-ring (bicyclic) bond motifs is 1. The van der Waals surface area contributed by atoms with Crippen molar-refractivity contribution in [3.8, 4) is 5.75 Å². The van der Waals surface area contributed by atoms with E-state index in [1.54, 1.807) is 4.90 Å². The van der Waals surface area contributed by atoms with Crippen molar-refractivity contribution in [3.63, 3.8) is 0 Å². The van der Waals surface area contributed by atoms with Gasteiger partial charge in [-0.05, 0) is 24.1 Å². The number of anilines is 1. The predicted molar refractivity (Wildman–Crippen MR) is 107 cm³/mol. The maximum Gasteiger partial charge on any atom is 0.265 e. The molecular weight excluding hydrogens is 366 g/mol. The van der Waals surface area contributed by atoms with Crippen LogP contribution in [-0.4, -0.2) is 31.5 Å². The first-order valence-corrected chi connectivity index (χ1v) is 8.74. The van der Waals surface area contributed by atoms with E-state index in [2.05, 4.69) is 5.32 Å². The summed E-state index contributed by atoms with van der Waals surface area (Å²) in [5.74, 6) is 0.557. The van der Waals surface area contributed by atoms with E-state index in [0.717, 1.165) is 11.3 Å². The molecule has 2 aromatic rings. The third kappa shape index (κ3) is 5.45. The maximum absolute atomic E-state index is 12.1. The molecule has 1 heterocycles. The van der Waals surface area contributed by atoms with Crippen LogP contribution < -0.4 is 20.7 Å². The van der Waals surface area contributed by atoms with Gasteiger partial charge in [0.15, 0.2) is 6.61 Å². The quantitative estimate of drug-likeness (QED) is 0.712. The van der Waals surface area contributed by atoms with Crippen molar-refractivity contribution in [1.82, 2.24) is 5.32 Å². The average molecular weight is 390 g/mol. The predicted octanol–water partition coefficient (Wildman–Crippen LogP) is 2.43. The lowest BCUT2D eigenvalue weighted by Crippen LogP contribution is -2.40. The number of nitrogens with one attached hydrogen (secondary N) is 1. The van der Waals surface area contributed by atoms with Crippen molar-refractivity contribution >= 4 is 29.9 Å². The highest BCUT2D eigenvalue weighted by Gasteiger charge is 2.24. The van der Waals surface area contributed by atoms with Crippen LogP contribution in [0.4, 0.5) is 5.69 Å². The Morgan fingerprint density at radius 1 is 1.15 bits per heavy atom. The summed E-state index contributed by atoms with van der Waals surface area (Å²) >= 11 is 0. The number of nitrogens with zero attached hydrogens (tertiary/aromatic N) is 1. The Balaban J connectivity index is 0.00000261. The molecule has 0 saturated heterocycles. The van der Waals surface area contributed by atoms with E-state index >= 15 is 0 Å². The van der Waals surface area contributed by atoms with Gasteiger partial charge in [-0.15, -0.1) is 12.4 Å². The topological polar surface area (TPSA) is 84.7 Å². The van der Waals surface area contributed by atoms with E-state index in [1.165, 1.54) is 0 Å². The number of benzene rings is 2. The number of halogens is 1. The molecule has 0 spiro atoms. The van der Waals surface area contributed by atoms with E-state index in [-0.39, 0.29) is 43.3 Å². The number of hydrogen-bond donors (Lipinski definition) is 2. The Morgan fingerprint density at radius 3 is 2.63 bits per heavy atom. The van der Waals surface area contributed by atoms with Crippen molar-refractivity contribution in [1.29, 1.82) is 0 Å². The SMILES string of the molecule is Cl.NC(CC(=O)NCCCN1C(=O)COc2ccccc21)c1ccccc1. The van der Waals surface area contributed by atoms with Crippen molar-refractivity contribution in [2.75, 3.05) is 24.6 Å². The number of ether oxygens (including phenoxy) is 1. The molecule has 27 heavy (non-hydrogen) atoms. The summed E-state index contributed by atoms with van der Waals surface area (Å²) in [5, 5.41) is 2.87. The summed E-state index contributed by atoms with van der Waals surface area (Å²) in [6.07, 6.45) is 0.899. The van der Waals surface area contributed by atoms with Gasteiger partial charge in [0.05, 0.1) is 5.69 Å². The summed E-state index contributed by atoms with van der Waals surface area (Å²) in [5.41, 5.74) is 7.78. The molecule has 144 valence electrons. The van der Waals surface area contributed by atoms with Crippen LogP contribution in [0.25, 0.3) is 0 Å². The van der Waals surface area contributed by atoms with Gasteiger partial charge in [0.1, 0.15) is 5.75 Å². The van der Waals surface area contributed by atoms with E-state index in [1.807, 2.05) is 54.6 Å². The number of nitrogens with two attached hydrogens (primary N) is 1. The van der Waals surface area contributed by atoms with Gasteiger partial charge in [0.2, 0.25) is 5.91 Å². The molecule has 3 N–H and O–H groups in total. The fraction of sp³-hybridized carbons (Fsp3) is 0.300. The minimum Gasteiger partial charge on any atom is -0.482 e. The lowest BCUT2D eigenvalue weighted by atomic mass is 10.0. The molecule has 7 heteroatoms. The van der Waals surface area contributed by atoms with Crippen LogP contribution in [0, 0.1) is 0 Å². The van der Waals surface area contributed by atoms with Crippen LogP contribution in [0.5, 0.6) is 5.75 Å². The molecule has 1 unspecified atom stereocenters. The molecule has 0 aliphatic carbocycles. The minimum atomic E-state index is -0.316. The Morgan fingerprint density at radius 2 is 1.85 bits per heavy atom. The van der Waals surface area contributed by atoms with E-state index in [4.69, 9.17) is 10.5 Å². The van der Waals surface area contributed by atoms with Gasteiger partial charge in [-0.1, -0.05) is 42.5 Å². The van der Waals surface area contributed by atoms with Crippen LogP contribution >= 0.6 is 12.4 Å². The molecule has 6 nitrogen and oxygen atoms in total. The molecule has 0 radical (unpaired) electrons. The highest BCUT2D eigenvalue weighted by Crippen LogP contribution is 2.31. The minimum absolute atomic E-state index is 0. The fourth-order valence-corrected chi connectivity index (χ4v) is 2.95. The second-order valence-electron chi connectivity index (χ2n) is 6.23. The molecule has 2 amide bonds. The molecule has 0 saturated carbocycles. The molecular formula is C20H24ClN3O3. The van der Waals surface area contributed by atoms with E-state index < -0.39 is 0 Å². The zero-order valence-corrected chi connectivity index (χ0v) is 15.8. The zero-order valence-electron chi connectivity index (χ0n) is 15.0. The number of carbonyl (C=O) groups excluding carboxylic acids is 2. The van der Waals surface area contributed by atoms with E-state index in [0.29, 0.717) is 25.3 Å². The fourth-order valence-electron chi connectivity index (χ4n) is 2.95. The summed E-state index contributed by atoms with van der Waals surface area (Å²) in [6.45, 7) is 1.08. The van der Waals surface area contributed by atoms with E-state index in [9.17, 15) is 9.59 Å². The Kier molecular flexibility index (Phi) is 7.64. The van der Waals surface area contributed by atoms with Gasteiger partial charge in [-0.3, -0.25) is 9.59 Å². The Hall–Kier alpha value is -2.57. The van der Waals surface area contributed by atoms with Gasteiger partial charge in [0, 0.05) is 25.6 Å². The standard InChI is InChI=1S/C20H23N3O3.ClH/c21-16(15-7-2-1-3-8-15)13-19(24)22-11-6-12-23-17-9-4-5-10-18(17)26-14-20(23)25;/h1-5,7-10,16H,6,11-14,21H2,(H,22,24);1H. The lowest BCUT2D eigenvalue weighted by molar-refractivity contribution is -0.121. The van der Waals surface area contributed by atoms with Gasteiger partial charge < -0.3 is 20.7 Å². The second kappa shape index (κ2) is 9.94. The molecule has 3 rings (SSSR count). The molecule has 0 aromatic heterocycles. The van der Waals surface area contributed by atoms with Crippen LogP contribution in [0.15, 0.2) is 54.6 Å². The number of carbonyl (C=O) groups is 2. The summed E-state index contributed by atoms with van der Waals surface area (Å²) in [7, 11) is 0. The van der Waals surface area contributed by atoms with Gasteiger partial charge in [-0.25, -0.2) is 0 Å². The molecule has 0 bridgehead atoms. The summed E-state index contributed by atoms with van der Waals surface area (Å²) in [6, 6.07) is 16.7. The van der Waals surface area contributed by atoms with Gasteiger partial charge >= 0.3 is 0 Å².